The maximum atomic E-state index is 11.9. The molecule has 0 saturated heterocycles. The highest BCUT2D eigenvalue weighted by molar-refractivity contribution is 8.02. The fourth-order valence-corrected chi connectivity index (χ4v) is 4.57. The lowest BCUT2D eigenvalue weighted by Crippen LogP contribution is -2.30. The number of methoxy groups -OCH3 is 1. The third-order valence-corrected chi connectivity index (χ3v) is 6.14. The molecule has 0 atom stereocenters. The Morgan fingerprint density at radius 1 is 1.19 bits per heavy atom. The van der Waals surface area contributed by atoms with Crippen molar-refractivity contribution in [2.45, 2.75) is 20.6 Å². The summed E-state index contributed by atoms with van der Waals surface area (Å²) in [6, 6.07) is 7.74. The van der Waals surface area contributed by atoms with Crippen molar-refractivity contribution >= 4 is 41.0 Å². The van der Waals surface area contributed by atoms with Gasteiger partial charge in [-0.05, 0) is 17.7 Å². The second kappa shape index (κ2) is 10.6. The lowest BCUT2D eigenvalue weighted by Gasteiger charge is -2.08. The number of carbonyl (C=O) groups excluding carboxylic acids is 1. The van der Waals surface area contributed by atoms with Gasteiger partial charge in [0.15, 0.2) is 15.3 Å². The number of alkyl carbamates (subject to hydrolysis) is 1. The van der Waals surface area contributed by atoms with Gasteiger partial charge < -0.3 is 14.8 Å². The van der Waals surface area contributed by atoms with Crippen LogP contribution in [0.1, 0.15) is 5.56 Å². The smallest absolute Gasteiger partial charge is 0.422 e. The summed E-state index contributed by atoms with van der Waals surface area (Å²) in [5.41, 5.74) is 1.13. The highest BCUT2D eigenvalue weighted by atomic mass is 32.2. The monoisotopic (exact) mass is 439 g/mol. The molecule has 1 heterocycles. The highest BCUT2D eigenvalue weighted by Gasteiger charge is 2.29. The summed E-state index contributed by atoms with van der Waals surface area (Å²) in [4.78, 5) is 11.1. The average molecular weight is 440 g/mol. The molecule has 0 spiro atoms. The van der Waals surface area contributed by atoms with E-state index in [1.165, 1.54) is 23.1 Å². The molecule has 1 N–H and O–H groups in total. The molecule has 1 aromatic carbocycles. The van der Waals surface area contributed by atoms with Crippen molar-refractivity contribution in [3.05, 3.63) is 29.8 Å². The van der Waals surface area contributed by atoms with Gasteiger partial charge in [-0.3, -0.25) is 0 Å². The van der Waals surface area contributed by atoms with Gasteiger partial charge in [-0.15, -0.1) is 10.2 Å². The van der Waals surface area contributed by atoms with Crippen LogP contribution in [-0.4, -0.2) is 48.5 Å². The zero-order valence-corrected chi connectivity index (χ0v) is 16.6. The Hall–Kier alpha value is -1.66. The lowest BCUT2D eigenvalue weighted by molar-refractivity contribution is -0.160. The molecular weight excluding hydrogens is 423 g/mol. The first-order chi connectivity index (χ1) is 12.9. The van der Waals surface area contributed by atoms with Crippen LogP contribution in [0.15, 0.2) is 32.9 Å². The molecule has 0 saturated carbocycles. The number of halogens is 3. The molecule has 0 aliphatic rings. The Morgan fingerprint density at radius 3 is 2.48 bits per heavy atom. The summed E-state index contributed by atoms with van der Waals surface area (Å²) in [5.74, 6) is 1.99. The van der Waals surface area contributed by atoms with Crippen molar-refractivity contribution in [2.75, 3.05) is 26.0 Å². The largest absolute Gasteiger partial charge is 0.497 e. The standard InChI is InChI=1S/C15H16F3N3O3S3/c1-23-11-4-2-10(3-5-11)8-26-14-21-20-13(27-14)25-7-6-19-12(22)24-9-15(16,17)18/h2-5H,6-9H2,1H3,(H,19,22). The van der Waals surface area contributed by atoms with E-state index in [9.17, 15) is 18.0 Å². The first-order valence-corrected chi connectivity index (χ1v) is 10.3. The van der Waals surface area contributed by atoms with Crippen LogP contribution in [0.2, 0.25) is 0 Å². The number of benzene rings is 1. The zero-order valence-electron chi connectivity index (χ0n) is 14.1. The topological polar surface area (TPSA) is 73.3 Å². The summed E-state index contributed by atoms with van der Waals surface area (Å²) < 4.78 is 46.4. The number of rotatable bonds is 9. The summed E-state index contributed by atoms with van der Waals surface area (Å²) in [7, 11) is 1.62. The predicted octanol–water partition coefficient (Wildman–Crippen LogP) is 4.22. The first-order valence-electron chi connectivity index (χ1n) is 7.55. The number of hydrogen-bond acceptors (Lipinski definition) is 8. The average Bonchev–Trinajstić information content (AvgIpc) is 3.09. The molecular formula is C15H16F3N3O3S3. The Kier molecular flexibility index (Phi) is 8.51. The minimum Gasteiger partial charge on any atom is -0.497 e. The molecule has 1 amide bonds. The third-order valence-electron chi connectivity index (χ3n) is 2.87. The molecule has 148 valence electrons. The maximum Gasteiger partial charge on any atom is 0.422 e. The number of carbonyl (C=O) groups is 1. The van der Waals surface area contributed by atoms with Crippen LogP contribution >= 0.6 is 34.9 Å². The summed E-state index contributed by atoms with van der Waals surface area (Å²) in [6.07, 6.45) is -5.63. The van der Waals surface area contributed by atoms with E-state index in [2.05, 4.69) is 20.3 Å². The van der Waals surface area contributed by atoms with Gasteiger partial charge in [0.1, 0.15) is 5.75 Å². The molecule has 1 aromatic heterocycles. The SMILES string of the molecule is COc1ccc(CSc2nnc(SCCNC(=O)OCC(F)(F)F)s2)cc1. The van der Waals surface area contributed by atoms with Crippen LogP contribution in [-0.2, 0) is 10.5 Å². The molecule has 0 aliphatic carbocycles. The summed E-state index contributed by atoms with van der Waals surface area (Å²) in [6.45, 7) is -1.44. The minimum atomic E-state index is -4.53. The van der Waals surface area contributed by atoms with Gasteiger partial charge in [-0.25, -0.2) is 4.79 Å². The van der Waals surface area contributed by atoms with Gasteiger partial charge in [0.2, 0.25) is 0 Å². The van der Waals surface area contributed by atoms with E-state index in [1.807, 2.05) is 24.3 Å². The number of thioether (sulfide) groups is 2. The molecule has 27 heavy (non-hydrogen) atoms. The molecule has 0 radical (unpaired) electrons. The van der Waals surface area contributed by atoms with Crippen LogP contribution in [0.25, 0.3) is 0 Å². The van der Waals surface area contributed by atoms with E-state index in [0.29, 0.717) is 5.75 Å². The lowest BCUT2D eigenvalue weighted by atomic mass is 10.2. The Labute approximate surface area is 166 Å². The van der Waals surface area contributed by atoms with Crippen molar-refractivity contribution in [1.82, 2.24) is 15.5 Å². The number of aromatic nitrogens is 2. The van der Waals surface area contributed by atoms with Crippen LogP contribution < -0.4 is 10.1 Å². The van der Waals surface area contributed by atoms with Crippen LogP contribution in [0.5, 0.6) is 5.75 Å². The fourth-order valence-electron chi connectivity index (χ4n) is 1.67. The molecule has 6 nitrogen and oxygen atoms in total. The van der Waals surface area contributed by atoms with Crippen LogP contribution in [0, 0.1) is 0 Å². The second-order valence-corrected chi connectivity index (χ2v) is 8.48. The summed E-state index contributed by atoms with van der Waals surface area (Å²) >= 11 is 4.33. The van der Waals surface area contributed by atoms with Crippen LogP contribution in [0.3, 0.4) is 0 Å². The molecule has 2 rings (SSSR count). The van der Waals surface area contributed by atoms with E-state index in [1.54, 1.807) is 18.9 Å². The number of amides is 1. The predicted molar refractivity (Wildman–Crippen MR) is 98.6 cm³/mol. The zero-order chi connectivity index (χ0) is 19.7. The normalized spacial score (nSPS) is 11.3. The Balaban J connectivity index is 1.64. The van der Waals surface area contributed by atoms with Crippen molar-refractivity contribution in [3.8, 4) is 5.75 Å². The van der Waals surface area contributed by atoms with E-state index in [4.69, 9.17) is 4.74 Å². The molecule has 0 unspecified atom stereocenters. The fraction of sp³-hybridized carbons (Fsp3) is 0.400. The maximum absolute atomic E-state index is 11.9. The first kappa shape index (κ1) is 21.6. The van der Waals surface area contributed by atoms with Crippen LogP contribution in [0.4, 0.5) is 18.0 Å². The molecule has 0 bridgehead atoms. The Morgan fingerprint density at radius 2 is 1.85 bits per heavy atom. The highest BCUT2D eigenvalue weighted by Crippen LogP contribution is 2.30. The van der Waals surface area contributed by atoms with Gasteiger partial charge in [0, 0.05) is 18.1 Å². The van der Waals surface area contributed by atoms with Crippen molar-refractivity contribution in [1.29, 1.82) is 0 Å². The number of hydrogen-bond donors (Lipinski definition) is 1. The van der Waals surface area contributed by atoms with Gasteiger partial charge in [-0.1, -0.05) is 47.0 Å². The van der Waals surface area contributed by atoms with Gasteiger partial charge in [-0.2, -0.15) is 13.2 Å². The van der Waals surface area contributed by atoms with Gasteiger partial charge in [0.25, 0.3) is 0 Å². The van der Waals surface area contributed by atoms with Crippen molar-refractivity contribution < 1.29 is 27.4 Å². The minimum absolute atomic E-state index is 0.162. The van der Waals surface area contributed by atoms with E-state index < -0.39 is 18.9 Å². The molecule has 0 aliphatic heterocycles. The van der Waals surface area contributed by atoms with Crippen molar-refractivity contribution in [2.24, 2.45) is 0 Å². The molecule has 2 aromatic rings. The number of nitrogens with one attached hydrogen (secondary N) is 1. The number of nitrogens with zero attached hydrogens (tertiary/aromatic N) is 2. The third kappa shape index (κ3) is 8.71. The number of alkyl halides is 3. The second-order valence-electron chi connectivity index (χ2n) is 4.94. The van der Waals surface area contributed by atoms with E-state index >= 15 is 0 Å². The molecule has 0 fully saturated rings. The Bertz CT molecular complexity index is 726. The van der Waals surface area contributed by atoms with E-state index in [-0.39, 0.29) is 6.54 Å². The summed E-state index contributed by atoms with van der Waals surface area (Å²) in [5, 5.41) is 10.4. The van der Waals surface area contributed by atoms with E-state index in [0.717, 1.165) is 25.7 Å². The van der Waals surface area contributed by atoms with Crippen molar-refractivity contribution in [3.63, 3.8) is 0 Å². The van der Waals surface area contributed by atoms with Gasteiger partial charge >= 0.3 is 12.3 Å². The number of ether oxygens (including phenoxy) is 2. The quantitative estimate of drug-likeness (QED) is 0.463. The van der Waals surface area contributed by atoms with Gasteiger partial charge in [0.05, 0.1) is 7.11 Å². The molecule has 12 heteroatoms.